The van der Waals surface area contributed by atoms with Crippen LogP contribution < -0.4 is 15.2 Å². The van der Waals surface area contributed by atoms with Gasteiger partial charge in [0.2, 0.25) is 0 Å². The van der Waals surface area contributed by atoms with Gasteiger partial charge in [0.05, 0.1) is 20.8 Å². The Morgan fingerprint density at radius 3 is 2.63 bits per heavy atom. The zero-order chi connectivity index (χ0) is 14.3. The Balaban J connectivity index is 2.83. The average molecular weight is 268 g/mol. The van der Waals surface area contributed by atoms with Crippen molar-refractivity contribution in [1.29, 1.82) is 0 Å². The number of carbonyl (C=O) groups excluding carboxylic acids is 1. The molecule has 0 fully saturated rings. The molecule has 1 rings (SSSR count). The highest BCUT2D eigenvalue weighted by Crippen LogP contribution is 2.30. The summed E-state index contributed by atoms with van der Waals surface area (Å²) in [5, 5.41) is 0. The fourth-order valence-electron chi connectivity index (χ4n) is 1.67. The largest absolute Gasteiger partial charge is 0.493 e. The Morgan fingerprint density at radius 1 is 1.32 bits per heavy atom. The van der Waals surface area contributed by atoms with E-state index in [0.29, 0.717) is 18.1 Å². The maximum atomic E-state index is 11.2. The first-order chi connectivity index (χ1) is 9.12. The molecule has 0 saturated heterocycles. The van der Waals surface area contributed by atoms with Gasteiger partial charge in [0, 0.05) is 5.56 Å². The van der Waals surface area contributed by atoms with Crippen LogP contribution in [0.25, 0.3) is 0 Å². The van der Waals surface area contributed by atoms with Gasteiger partial charge in [-0.15, -0.1) is 0 Å². The van der Waals surface area contributed by atoms with Crippen LogP contribution in [0, 0.1) is 0 Å². The highest BCUT2D eigenvalue weighted by molar-refractivity contribution is 5.70. The van der Waals surface area contributed by atoms with E-state index in [1.54, 1.807) is 7.11 Å². The SMILES string of the molecule is CCCOc1ccc([C@@H]([NH3+])CC(=O)OC)cc1OC. The number of quaternary nitrogens is 1. The van der Waals surface area contributed by atoms with Gasteiger partial charge in [-0.1, -0.05) is 6.92 Å². The highest BCUT2D eigenvalue weighted by Gasteiger charge is 2.17. The normalized spacial score (nSPS) is 11.8. The Kier molecular flexibility index (Phi) is 6.15. The van der Waals surface area contributed by atoms with Crippen molar-refractivity contribution in [2.24, 2.45) is 0 Å². The van der Waals surface area contributed by atoms with Gasteiger partial charge in [0.25, 0.3) is 0 Å². The van der Waals surface area contributed by atoms with Crippen LogP contribution in [-0.4, -0.2) is 26.8 Å². The van der Waals surface area contributed by atoms with E-state index in [9.17, 15) is 4.79 Å². The lowest BCUT2D eigenvalue weighted by molar-refractivity contribution is -0.425. The molecule has 0 aliphatic heterocycles. The third-order valence-electron chi connectivity index (χ3n) is 2.76. The first-order valence-corrected chi connectivity index (χ1v) is 6.33. The van der Waals surface area contributed by atoms with Crippen LogP contribution in [0.15, 0.2) is 18.2 Å². The minimum absolute atomic E-state index is 0.165. The van der Waals surface area contributed by atoms with Crippen LogP contribution in [0.3, 0.4) is 0 Å². The molecule has 0 heterocycles. The summed E-state index contributed by atoms with van der Waals surface area (Å²) in [6.45, 7) is 2.69. The molecule has 0 spiro atoms. The van der Waals surface area contributed by atoms with Gasteiger partial charge in [-0.2, -0.15) is 0 Å². The van der Waals surface area contributed by atoms with E-state index in [4.69, 9.17) is 9.47 Å². The van der Waals surface area contributed by atoms with Crippen molar-refractivity contribution in [1.82, 2.24) is 0 Å². The molecular weight excluding hydrogens is 246 g/mol. The number of esters is 1. The lowest BCUT2D eigenvalue weighted by Gasteiger charge is -2.13. The fraction of sp³-hybridized carbons (Fsp3) is 0.500. The molecule has 0 saturated carbocycles. The first kappa shape index (κ1) is 15.3. The average Bonchev–Trinajstić information content (AvgIpc) is 2.44. The van der Waals surface area contributed by atoms with Crippen LogP contribution >= 0.6 is 0 Å². The highest BCUT2D eigenvalue weighted by atomic mass is 16.5. The van der Waals surface area contributed by atoms with Gasteiger partial charge in [-0.05, 0) is 24.6 Å². The van der Waals surface area contributed by atoms with Crippen molar-refractivity contribution >= 4 is 5.97 Å². The van der Waals surface area contributed by atoms with Crippen LogP contribution in [0.4, 0.5) is 0 Å². The smallest absolute Gasteiger partial charge is 0.311 e. The van der Waals surface area contributed by atoms with Gasteiger partial charge >= 0.3 is 5.97 Å². The van der Waals surface area contributed by atoms with Crippen molar-refractivity contribution in [3.8, 4) is 11.5 Å². The van der Waals surface area contributed by atoms with Crippen molar-refractivity contribution < 1.29 is 24.7 Å². The first-order valence-electron chi connectivity index (χ1n) is 6.33. The lowest BCUT2D eigenvalue weighted by Crippen LogP contribution is -2.54. The van der Waals surface area contributed by atoms with Gasteiger partial charge in [0.15, 0.2) is 11.5 Å². The van der Waals surface area contributed by atoms with E-state index in [1.807, 2.05) is 25.1 Å². The molecular formula is C14H22NO4+. The van der Waals surface area contributed by atoms with Gasteiger partial charge in [0.1, 0.15) is 12.5 Å². The Bertz CT molecular complexity index is 420. The fourth-order valence-corrected chi connectivity index (χ4v) is 1.67. The maximum absolute atomic E-state index is 11.2. The van der Waals surface area contributed by atoms with Gasteiger partial charge in [-0.3, -0.25) is 4.79 Å². The topological polar surface area (TPSA) is 72.4 Å². The molecule has 19 heavy (non-hydrogen) atoms. The lowest BCUT2D eigenvalue weighted by atomic mass is 10.0. The molecule has 5 heteroatoms. The zero-order valence-corrected chi connectivity index (χ0v) is 11.8. The number of hydrogen-bond acceptors (Lipinski definition) is 4. The standard InChI is InChI=1S/C14H21NO4/c1-4-7-19-12-6-5-10(8-13(12)17-2)11(15)9-14(16)18-3/h5-6,8,11H,4,7,9,15H2,1-3H3/p+1/t11-/m0/s1. The van der Waals surface area contributed by atoms with Crippen LogP contribution in [-0.2, 0) is 9.53 Å². The molecule has 0 unspecified atom stereocenters. The minimum atomic E-state index is -0.273. The zero-order valence-electron chi connectivity index (χ0n) is 11.8. The summed E-state index contributed by atoms with van der Waals surface area (Å²) in [5.41, 5.74) is 4.89. The summed E-state index contributed by atoms with van der Waals surface area (Å²) in [4.78, 5) is 11.2. The molecule has 0 bridgehead atoms. The summed E-state index contributed by atoms with van der Waals surface area (Å²) >= 11 is 0. The van der Waals surface area contributed by atoms with E-state index in [2.05, 4.69) is 10.5 Å². The van der Waals surface area contributed by atoms with E-state index < -0.39 is 0 Å². The third-order valence-corrected chi connectivity index (χ3v) is 2.76. The number of hydrogen-bond donors (Lipinski definition) is 1. The molecule has 5 nitrogen and oxygen atoms in total. The summed E-state index contributed by atoms with van der Waals surface area (Å²) < 4.78 is 15.5. The molecule has 1 aromatic rings. The van der Waals surface area contributed by atoms with Crippen molar-refractivity contribution in [2.75, 3.05) is 20.8 Å². The van der Waals surface area contributed by atoms with Crippen LogP contribution in [0.1, 0.15) is 31.4 Å². The maximum Gasteiger partial charge on any atom is 0.311 e. The van der Waals surface area contributed by atoms with E-state index in [-0.39, 0.29) is 18.4 Å². The van der Waals surface area contributed by atoms with Gasteiger partial charge < -0.3 is 19.9 Å². The van der Waals surface area contributed by atoms with Gasteiger partial charge in [-0.25, -0.2) is 0 Å². The molecule has 0 amide bonds. The molecule has 0 aliphatic carbocycles. The van der Waals surface area contributed by atoms with Crippen molar-refractivity contribution in [3.63, 3.8) is 0 Å². The summed E-state index contributed by atoms with van der Waals surface area (Å²) in [6.07, 6.45) is 1.18. The van der Waals surface area contributed by atoms with Crippen LogP contribution in [0.5, 0.6) is 11.5 Å². The summed E-state index contributed by atoms with van der Waals surface area (Å²) in [6, 6.07) is 5.43. The van der Waals surface area contributed by atoms with Crippen LogP contribution in [0.2, 0.25) is 0 Å². The number of ether oxygens (including phenoxy) is 3. The second-order valence-electron chi connectivity index (χ2n) is 4.24. The Morgan fingerprint density at radius 2 is 2.05 bits per heavy atom. The molecule has 1 aromatic carbocycles. The second-order valence-corrected chi connectivity index (χ2v) is 4.24. The predicted octanol–water partition coefficient (Wildman–Crippen LogP) is 1.33. The Labute approximate surface area is 113 Å². The molecule has 0 radical (unpaired) electrons. The third kappa shape index (κ3) is 4.44. The van der Waals surface area contributed by atoms with E-state index in [0.717, 1.165) is 12.0 Å². The monoisotopic (exact) mass is 268 g/mol. The quantitative estimate of drug-likeness (QED) is 0.757. The molecule has 0 aromatic heterocycles. The second kappa shape index (κ2) is 7.63. The number of carbonyl (C=O) groups is 1. The summed E-state index contributed by atoms with van der Waals surface area (Å²) in [7, 11) is 2.97. The van der Waals surface area contributed by atoms with E-state index in [1.165, 1.54) is 7.11 Å². The van der Waals surface area contributed by atoms with Crippen molar-refractivity contribution in [3.05, 3.63) is 23.8 Å². The minimum Gasteiger partial charge on any atom is -0.493 e. The molecule has 3 N–H and O–H groups in total. The predicted molar refractivity (Wildman–Crippen MR) is 71.0 cm³/mol. The Hall–Kier alpha value is -1.75. The number of methoxy groups -OCH3 is 2. The number of benzene rings is 1. The molecule has 106 valence electrons. The molecule has 1 atom stereocenters. The number of rotatable bonds is 7. The molecule has 0 aliphatic rings. The van der Waals surface area contributed by atoms with E-state index >= 15 is 0 Å². The van der Waals surface area contributed by atoms with Crippen molar-refractivity contribution in [2.45, 2.75) is 25.8 Å². The summed E-state index contributed by atoms with van der Waals surface area (Å²) in [5.74, 6) is 1.09.